The van der Waals surface area contributed by atoms with Crippen LogP contribution in [0.15, 0.2) is 30.3 Å². The van der Waals surface area contributed by atoms with Gasteiger partial charge in [-0.15, -0.1) is 12.4 Å². The van der Waals surface area contributed by atoms with Crippen LogP contribution in [0.2, 0.25) is 0 Å². The van der Waals surface area contributed by atoms with E-state index in [-0.39, 0.29) is 38.1 Å². The summed E-state index contributed by atoms with van der Waals surface area (Å²) in [5, 5.41) is 0. The average molecular weight is 419 g/mol. The van der Waals surface area contributed by atoms with Crippen LogP contribution in [0.5, 0.6) is 0 Å². The molecule has 0 atom stereocenters. The highest BCUT2D eigenvalue weighted by molar-refractivity contribution is 7.86. The fraction of sp³-hybridized carbons (Fsp3) is 0.588. The molecular formula is C17H27ClN4O4S. The Morgan fingerprint density at radius 2 is 1.56 bits per heavy atom. The van der Waals surface area contributed by atoms with Crippen molar-refractivity contribution < 1.29 is 17.9 Å². The lowest BCUT2D eigenvalue weighted by molar-refractivity contribution is 0.0828. The smallest absolute Gasteiger partial charge is 0.410 e. The lowest BCUT2D eigenvalue weighted by Gasteiger charge is -2.38. The van der Waals surface area contributed by atoms with Gasteiger partial charge in [0.2, 0.25) is 0 Å². The van der Waals surface area contributed by atoms with E-state index in [0.717, 1.165) is 5.56 Å². The molecule has 0 aliphatic carbocycles. The molecule has 2 saturated heterocycles. The Balaban J connectivity index is 0.00000261. The Kier molecular flexibility index (Phi) is 7.87. The van der Waals surface area contributed by atoms with E-state index >= 15 is 0 Å². The van der Waals surface area contributed by atoms with Gasteiger partial charge in [0.15, 0.2) is 0 Å². The summed E-state index contributed by atoms with van der Waals surface area (Å²) in [5.41, 5.74) is 6.77. The van der Waals surface area contributed by atoms with Crippen molar-refractivity contribution in [3.05, 3.63) is 35.9 Å². The largest absolute Gasteiger partial charge is 0.445 e. The van der Waals surface area contributed by atoms with Crippen molar-refractivity contribution in [1.82, 2.24) is 13.5 Å². The van der Waals surface area contributed by atoms with Gasteiger partial charge in [0.05, 0.1) is 0 Å². The summed E-state index contributed by atoms with van der Waals surface area (Å²) < 4.78 is 33.7. The van der Waals surface area contributed by atoms with E-state index in [0.29, 0.717) is 39.0 Å². The molecule has 2 aliphatic heterocycles. The highest BCUT2D eigenvalue weighted by Gasteiger charge is 2.35. The molecule has 2 aliphatic rings. The summed E-state index contributed by atoms with van der Waals surface area (Å²) in [6.07, 6.45) is 0.963. The second kappa shape index (κ2) is 9.70. The zero-order valence-electron chi connectivity index (χ0n) is 15.2. The topological polar surface area (TPSA) is 96.2 Å². The van der Waals surface area contributed by atoms with Crippen LogP contribution in [-0.4, -0.2) is 73.3 Å². The van der Waals surface area contributed by atoms with Gasteiger partial charge < -0.3 is 15.4 Å². The number of rotatable bonds is 4. The number of carbonyl (C=O) groups excluding carboxylic acids is 1. The number of hydrogen-bond donors (Lipinski definition) is 1. The Morgan fingerprint density at radius 3 is 2.15 bits per heavy atom. The number of carbonyl (C=O) groups is 1. The Hall–Kier alpha value is -1.39. The van der Waals surface area contributed by atoms with Gasteiger partial charge in [-0.2, -0.15) is 17.0 Å². The molecule has 2 heterocycles. The molecule has 2 fully saturated rings. The highest BCUT2D eigenvalue weighted by Crippen LogP contribution is 2.18. The van der Waals surface area contributed by atoms with Crippen LogP contribution in [0.3, 0.4) is 0 Å². The highest BCUT2D eigenvalue weighted by atomic mass is 35.5. The van der Waals surface area contributed by atoms with Gasteiger partial charge >= 0.3 is 6.09 Å². The molecule has 0 spiro atoms. The molecule has 1 aromatic carbocycles. The second-order valence-corrected chi connectivity index (χ2v) is 8.60. The normalized spacial score (nSPS) is 20.1. The molecule has 0 bridgehead atoms. The molecule has 8 nitrogen and oxygen atoms in total. The summed E-state index contributed by atoms with van der Waals surface area (Å²) in [6, 6.07) is 9.55. The zero-order valence-corrected chi connectivity index (χ0v) is 16.8. The molecule has 3 rings (SSSR count). The maximum absolute atomic E-state index is 12.7. The van der Waals surface area contributed by atoms with Crippen molar-refractivity contribution >= 4 is 28.7 Å². The number of nitrogens with zero attached hydrogens (tertiary/aromatic N) is 3. The van der Waals surface area contributed by atoms with Crippen molar-refractivity contribution in [3.63, 3.8) is 0 Å². The van der Waals surface area contributed by atoms with Crippen molar-refractivity contribution in [2.75, 3.05) is 39.3 Å². The van der Waals surface area contributed by atoms with Gasteiger partial charge in [0, 0.05) is 45.3 Å². The Morgan fingerprint density at radius 1 is 1.00 bits per heavy atom. The number of ether oxygens (including phenoxy) is 1. The molecule has 27 heavy (non-hydrogen) atoms. The summed E-state index contributed by atoms with van der Waals surface area (Å²) in [7, 11) is -3.48. The van der Waals surface area contributed by atoms with Crippen LogP contribution >= 0.6 is 12.4 Å². The standard InChI is InChI=1S/C17H26N4O4S.ClH/c18-16-6-8-20(9-7-16)26(23,24)21-12-10-19(11-13-21)17(22)25-14-15-4-2-1-3-5-15;/h1-5,16H,6-14,18H2;1H. The van der Waals surface area contributed by atoms with Crippen molar-refractivity contribution in [1.29, 1.82) is 0 Å². The van der Waals surface area contributed by atoms with Crippen LogP contribution in [0.25, 0.3) is 0 Å². The Labute approximate surface area is 166 Å². The number of halogens is 1. The van der Waals surface area contributed by atoms with Crippen molar-refractivity contribution in [2.45, 2.75) is 25.5 Å². The third-order valence-corrected chi connectivity index (χ3v) is 6.89. The fourth-order valence-corrected chi connectivity index (χ4v) is 4.81. The summed E-state index contributed by atoms with van der Waals surface area (Å²) in [6.45, 7) is 2.37. The van der Waals surface area contributed by atoms with Crippen molar-refractivity contribution in [3.8, 4) is 0 Å². The first-order valence-corrected chi connectivity index (χ1v) is 10.3. The monoisotopic (exact) mass is 418 g/mol. The molecule has 1 aromatic rings. The number of nitrogens with two attached hydrogens (primary N) is 1. The number of amides is 1. The van der Waals surface area contributed by atoms with Crippen LogP contribution in [0.4, 0.5) is 4.79 Å². The molecule has 0 radical (unpaired) electrons. The quantitative estimate of drug-likeness (QED) is 0.787. The first-order chi connectivity index (χ1) is 12.5. The van der Waals surface area contributed by atoms with E-state index in [1.165, 1.54) is 8.61 Å². The van der Waals surface area contributed by atoms with E-state index < -0.39 is 16.3 Å². The third kappa shape index (κ3) is 5.55. The second-order valence-electron chi connectivity index (χ2n) is 6.67. The molecule has 0 aromatic heterocycles. The number of benzene rings is 1. The summed E-state index contributed by atoms with van der Waals surface area (Å²) in [5.74, 6) is 0. The summed E-state index contributed by atoms with van der Waals surface area (Å²) >= 11 is 0. The lowest BCUT2D eigenvalue weighted by atomic mass is 10.1. The maximum Gasteiger partial charge on any atom is 0.410 e. The Bertz CT molecular complexity index is 703. The van der Waals surface area contributed by atoms with E-state index in [9.17, 15) is 13.2 Å². The predicted molar refractivity (Wildman–Crippen MR) is 105 cm³/mol. The van der Waals surface area contributed by atoms with E-state index in [2.05, 4.69) is 0 Å². The third-order valence-electron chi connectivity index (χ3n) is 4.85. The minimum absolute atomic E-state index is 0. The first kappa shape index (κ1) is 21.9. The number of hydrogen-bond acceptors (Lipinski definition) is 5. The van der Waals surface area contributed by atoms with Gasteiger partial charge in [-0.1, -0.05) is 30.3 Å². The lowest BCUT2D eigenvalue weighted by Crippen LogP contribution is -2.55. The molecular weight excluding hydrogens is 392 g/mol. The molecule has 152 valence electrons. The first-order valence-electron chi connectivity index (χ1n) is 8.93. The SMILES string of the molecule is Cl.NC1CCN(S(=O)(=O)N2CCN(C(=O)OCc3ccccc3)CC2)CC1. The minimum Gasteiger partial charge on any atom is -0.445 e. The van der Waals surface area contributed by atoms with Gasteiger partial charge in [0.25, 0.3) is 10.2 Å². The maximum atomic E-state index is 12.7. The number of piperazine rings is 1. The van der Waals surface area contributed by atoms with Crippen LogP contribution in [0.1, 0.15) is 18.4 Å². The van der Waals surface area contributed by atoms with E-state index in [4.69, 9.17) is 10.5 Å². The van der Waals surface area contributed by atoms with Gasteiger partial charge in [-0.3, -0.25) is 0 Å². The van der Waals surface area contributed by atoms with Crippen LogP contribution in [0, 0.1) is 0 Å². The predicted octanol–water partition coefficient (Wildman–Crippen LogP) is 1.03. The van der Waals surface area contributed by atoms with Crippen LogP contribution < -0.4 is 5.73 Å². The van der Waals surface area contributed by atoms with Gasteiger partial charge in [-0.05, 0) is 18.4 Å². The summed E-state index contributed by atoms with van der Waals surface area (Å²) in [4.78, 5) is 13.7. The average Bonchev–Trinajstić information content (AvgIpc) is 2.67. The van der Waals surface area contributed by atoms with Crippen LogP contribution in [-0.2, 0) is 21.6 Å². The molecule has 0 saturated carbocycles. The van der Waals surface area contributed by atoms with Gasteiger partial charge in [-0.25, -0.2) is 4.79 Å². The van der Waals surface area contributed by atoms with E-state index in [1.54, 1.807) is 4.90 Å². The van der Waals surface area contributed by atoms with Gasteiger partial charge in [0.1, 0.15) is 6.61 Å². The van der Waals surface area contributed by atoms with Crippen molar-refractivity contribution in [2.24, 2.45) is 5.73 Å². The fourth-order valence-electron chi connectivity index (χ4n) is 3.18. The van der Waals surface area contributed by atoms with E-state index in [1.807, 2.05) is 30.3 Å². The molecule has 1 amide bonds. The number of piperidine rings is 1. The molecule has 2 N–H and O–H groups in total. The zero-order chi connectivity index (χ0) is 18.6. The molecule has 0 unspecified atom stereocenters. The minimum atomic E-state index is -3.48. The molecule has 10 heteroatoms.